The van der Waals surface area contributed by atoms with Crippen molar-refractivity contribution in [2.75, 3.05) is 13.2 Å². The van der Waals surface area contributed by atoms with Crippen LogP contribution >= 0.6 is 0 Å². The summed E-state index contributed by atoms with van der Waals surface area (Å²) < 4.78 is 28.8. The lowest BCUT2D eigenvalue weighted by atomic mass is 10.3. The van der Waals surface area contributed by atoms with E-state index in [1.54, 1.807) is 24.3 Å². The summed E-state index contributed by atoms with van der Waals surface area (Å²) in [5.74, 6) is 0.0352. The quantitative estimate of drug-likeness (QED) is 0.690. The van der Waals surface area contributed by atoms with Gasteiger partial charge in [0.15, 0.2) is 12.7 Å². The van der Waals surface area contributed by atoms with Crippen LogP contribution in [-0.4, -0.2) is 31.1 Å². The van der Waals surface area contributed by atoms with Crippen LogP contribution in [0.5, 0.6) is 17.2 Å². The molecule has 1 atom stereocenters. The molecule has 0 saturated heterocycles. The van der Waals surface area contributed by atoms with Crippen molar-refractivity contribution in [1.29, 1.82) is 0 Å². The van der Waals surface area contributed by atoms with E-state index in [1.807, 2.05) is 6.92 Å². The molecule has 0 bridgehead atoms. The highest BCUT2D eigenvalue weighted by Crippen LogP contribution is 2.17. The van der Waals surface area contributed by atoms with Crippen LogP contribution < -0.4 is 25.1 Å². The first-order chi connectivity index (χ1) is 13.0. The molecule has 0 fully saturated rings. The Bertz CT molecular complexity index is 750. The van der Waals surface area contributed by atoms with Gasteiger partial charge in [-0.25, -0.2) is 4.39 Å². The number of nitrogens with one attached hydrogen (secondary N) is 2. The molecule has 0 spiro atoms. The lowest BCUT2D eigenvalue weighted by Gasteiger charge is -2.15. The maximum atomic E-state index is 12.8. The van der Waals surface area contributed by atoms with E-state index in [1.165, 1.54) is 31.2 Å². The number of hydrazine groups is 1. The predicted octanol–water partition coefficient (Wildman–Crippen LogP) is 2.22. The topological polar surface area (TPSA) is 85.9 Å². The van der Waals surface area contributed by atoms with Crippen LogP contribution in [0.2, 0.25) is 0 Å². The Hall–Kier alpha value is -3.29. The van der Waals surface area contributed by atoms with Gasteiger partial charge >= 0.3 is 0 Å². The zero-order valence-corrected chi connectivity index (χ0v) is 15.0. The highest BCUT2D eigenvalue weighted by Gasteiger charge is 2.15. The summed E-state index contributed by atoms with van der Waals surface area (Å²) in [6.45, 7) is 3.67. The summed E-state index contributed by atoms with van der Waals surface area (Å²) in [6, 6.07) is 12.1. The van der Waals surface area contributed by atoms with Gasteiger partial charge in [-0.1, -0.05) is 0 Å². The molecule has 0 saturated carbocycles. The standard InChI is InChI=1S/C19H21FN2O5/c1-3-25-15-8-10-16(11-9-15)26-12-18(23)21-22-19(24)13(2)27-17-6-4-14(20)5-7-17/h4-11,13H,3,12H2,1-2H3,(H,21,23)(H,22,24)/t13-/m0/s1. The van der Waals surface area contributed by atoms with Crippen molar-refractivity contribution < 1.29 is 28.2 Å². The summed E-state index contributed by atoms with van der Waals surface area (Å²) in [5.41, 5.74) is 4.47. The van der Waals surface area contributed by atoms with Crippen molar-refractivity contribution >= 4 is 11.8 Å². The summed E-state index contributed by atoms with van der Waals surface area (Å²) in [6.07, 6.45) is -0.886. The second-order valence-electron chi connectivity index (χ2n) is 5.44. The van der Waals surface area contributed by atoms with Crippen molar-refractivity contribution in [3.05, 3.63) is 54.3 Å². The third-order valence-electron chi connectivity index (χ3n) is 3.33. The van der Waals surface area contributed by atoms with Gasteiger partial charge in [0.05, 0.1) is 6.61 Å². The molecule has 0 heterocycles. The van der Waals surface area contributed by atoms with Crippen molar-refractivity contribution in [3.8, 4) is 17.2 Å². The van der Waals surface area contributed by atoms with Crippen molar-refractivity contribution in [2.45, 2.75) is 20.0 Å². The van der Waals surface area contributed by atoms with Gasteiger partial charge in [0.1, 0.15) is 23.1 Å². The van der Waals surface area contributed by atoms with Crippen LogP contribution in [0.3, 0.4) is 0 Å². The van der Waals surface area contributed by atoms with Gasteiger partial charge in [-0.2, -0.15) is 0 Å². The van der Waals surface area contributed by atoms with Gasteiger partial charge in [-0.3, -0.25) is 20.4 Å². The fourth-order valence-corrected chi connectivity index (χ4v) is 1.99. The molecule has 2 aromatic rings. The second kappa shape index (κ2) is 10.0. The number of carbonyl (C=O) groups excluding carboxylic acids is 2. The number of rotatable bonds is 8. The van der Waals surface area contributed by atoms with Gasteiger partial charge in [0, 0.05) is 0 Å². The largest absolute Gasteiger partial charge is 0.494 e. The van der Waals surface area contributed by atoms with Crippen LogP contribution in [0.25, 0.3) is 0 Å². The van der Waals surface area contributed by atoms with Crippen LogP contribution in [0.4, 0.5) is 4.39 Å². The molecule has 0 unspecified atom stereocenters. The molecule has 7 nitrogen and oxygen atoms in total. The molecular weight excluding hydrogens is 355 g/mol. The summed E-state index contributed by atoms with van der Waals surface area (Å²) in [5, 5.41) is 0. The molecule has 27 heavy (non-hydrogen) atoms. The van der Waals surface area contributed by atoms with Crippen LogP contribution in [0.15, 0.2) is 48.5 Å². The molecule has 0 radical (unpaired) electrons. The van der Waals surface area contributed by atoms with Crippen LogP contribution in [-0.2, 0) is 9.59 Å². The maximum absolute atomic E-state index is 12.8. The van der Waals surface area contributed by atoms with Crippen LogP contribution in [0, 0.1) is 5.82 Å². The molecule has 144 valence electrons. The van der Waals surface area contributed by atoms with Gasteiger partial charge in [-0.05, 0) is 62.4 Å². The molecule has 0 aromatic heterocycles. The molecule has 0 aliphatic rings. The van der Waals surface area contributed by atoms with Crippen LogP contribution in [0.1, 0.15) is 13.8 Å². The first kappa shape index (κ1) is 20.0. The number of halogens is 1. The minimum Gasteiger partial charge on any atom is -0.494 e. The van der Waals surface area contributed by atoms with Crippen molar-refractivity contribution in [3.63, 3.8) is 0 Å². The number of ether oxygens (including phenoxy) is 3. The molecule has 0 aliphatic carbocycles. The maximum Gasteiger partial charge on any atom is 0.279 e. The average molecular weight is 376 g/mol. The number of benzene rings is 2. The summed E-state index contributed by atoms with van der Waals surface area (Å²) in [4.78, 5) is 23.7. The van der Waals surface area contributed by atoms with E-state index in [0.29, 0.717) is 23.9 Å². The second-order valence-corrected chi connectivity index (χ2v) is 5.44. The van der Waals surface area contributed by atoms with Gasteiger partial charge < -0.3 is 14.2 Å². The zero-order chi connectivity index (χ0) is 19.6. The molecule has 2 N–H and O–H groups in total. The van der Waals surface area contributed by atoms with Gasteiger partial charge in [0.25, 0.3) is 11.8 Å². The van der Waals surface area contributed by atoms with E-state index in [-0.39, 0.29) is 6.61 Å². The van der Waals surface area contributed by atoms with Crippen molar-refractivity contribution in [1.82, 2.24) is 10.9 Å². The highest BCUT2D eigenvalue weighted by molar-refractivity contribution is 5.85. The molecule has 2 amide bonds. The molecule has 2 aromatic carbocycles. The highest BCUT2D eigenvalue weighted by atomic mass is 19.1. The van der Waals surface area contributed by atoms with E-state index in [0.717, 1.165) is 0 Å². The predicted molar refractivity (Wildman–Crippen MR) is 95.9 cm³/mol. The average Bonchev–Trinajstić information content (AvgIpc) is 2.67. The third kappa shape index (κ3) is 6.85. The first-order valence-electron chi connectivity index (χ1n) is 8.34. The Morgan fingerprint density at radius 1 is 0.926 bits per heavy atom. The lowest BCUT2D eigenvalue weighted by Crippen LogP contribution is -2.48. The van der Waals surface area contributed by atoms with E-state index in [2.05, 4.69) is 10.9 Å². The Morgan fingerprint density at radius 3 is 2.07 bits per heavy atom. The summed E-state index contributed by atoms with van der Waals surface area (Å²) >= 11 is 0. The fourth-order valence-electron chi connectivity index (χ4n) is 1.99. The van der Waals surface area contributed by atoms with Crippen molar-refractivity contribution in [2.24, 2.45) is 0 Å². The fraction of sp³-hybridized carbons (Fsp3) is 0.263. The molecule has 2 rings (SSSR count). The molecule has 8 heteroatoms. The Kier molecular flexibility index (Phi) is 7.42. The zero-order valence-electron chi connectivity index (χ0n) is 15.0. The van der Waals surface area contributed by atoms with Gasteiger partial charge in [-0.15, -0.1) is 0 Å². The minimum atomic E-state index is -0.886. The number of hydrogen-bond donors (Lipinski definition) is 2. The number of amides is 2. The Labute approximate surface area is 156 Å². The third-order valence-corrected chi connectivity index (χ3v) is 3.33. The van der Waals surface area contributed by atoms with Gasteiger partial charge in [0.2, 0.25) is 0 Å². The number of carbonyl (C=O) groups is 2. The normalized spacial score (nSPS) is 11.2. The molecular formula is C19H21FN2O5. The van der Waals surface area contributed by atoms with E-state index in [4.69, 9.17) is 14.2 Å². The first-order valence-corrected chi connectivity index (χ1v) is 8.34. The monoisotopic (exact) mass is 376 g/mol. The number of hydrogen-bond acceptors (Lipinski definition) is 5. The summed E-state index contributed by atoms with van der Waals surface area (Å²) in [7, 11) is 0. The smallest absolute Gasteiger partial charge is 0.279 e. The Morgan fingerprint density at radius 2 is 1.48 bits per heavy atom. The van der Waals surface area contributed by atoms with E-state index >= 15 is 0 Å². The van der Waals surface area contributed by atoms with E-state index in [9.17, 15) is 14.0 Å². The lowest BCUT2D eigenvalue weighted by molar-refractivity contribution is -0.133. The Balaban J connectivity index is 1.70. The molecule has 0 aliphatic heterocycles. The minimum absolute atomic E-state index is 0.276. The SMILES string of the molecule is CCOc1ccc(OCC(=O)NNC(=O)[C@H](C)Oc2ccc(F)cc2)cc1. The van der Waals surface area contributed by atoms with E-state index < -0.39 is 23.7 Å².